The summed E-state index contributed by atoms with van der Waals surface area (Å²) in [6, 6.07) is 3.69. The number of phenols is 2. The van der Waals surface area contributed by atoms with Gasteiger partial charge in [-0.05, 0) is 36.6 Å². The molecule has 1 unspecified atom stereocenters. The summed E-state index contributed by atoms with van der Waals surface area (Å²) < 4.78 is 2.05. The van der Waals surface area contributed by atoms with E-state index in [0.717, 1.165) is 24.1 Å². The van der Waals surface area contributed by atoms with Crippen LogP contribution in [0.2, 0.25) is 0 Å². The molecule has 3 nitrogen and oxygen atoms in total. The first-order valence-corrected chi connectivity index (χ1v) is 5.25. The molecule has 2 N–H and O–H groups in total. The van der Waals surface area contributed by atoms with Crippen LogP contribution in [0.25, 0.3) is 0 Å². The molecule has 0 radical (unpaired) electrons. The minimum absolute atomic E-state index is 0.0287. The molecule has 1 aliphatic heterocycles. The monoisotopic (exact) mass is 257 g/mol. The molecule has 0 aromatic heterocycles. The van der Waals surface area contributed by atoms with Gasteiger partial charge in [-0.15, -0.1) is 0 Å². The lowest BCUT2D eigenvalue weighted by Crippen LogP contribution is -2.30. The maximum atomic E-state index is 9.35. The highest BCUT2D eigenvalue weighted by Crippen LogP contribution is 2.33. The van der Waals surface area contributed by atoms with Gasteiger partial charge in [0, 0.05) is 28.7 Å². The Kier molecular flexibility index (Phi) is 2.41. The molecule has 1 aliphatic rings. The summed E-state index contributed by atoms with van der Waals surface area (Å²) in [5.41, 5.74) is 2.18. The second-order valence-electron chi connectivity index (χ2n) is 3.72. The van der Waals surface area contributed by atoms with E-state index in [9.17, 15) is 10.2 Å². The summed E-state index contributed by atoms with van der Waals surface area (Å²) in [5, 5.41) is 18.7. The summed E-state index contributed by atoms with van der Waals surface area (Å²) in [5.74, 6) is -0.0711. The number of fused-ring (bicyclic) bond motifs is 1. The summed E-state index contributed by atoms with van der Waals surface area (Å²) in [7, 11) is 0. The van der Waals surface area contributed by atoms with Crippen molar-refractivity contribution in [3.05, 3.63) is 23.3 Å². The molecule has 0 amide bonds. The fourth-order valence-corrected chi connectivity index (χ4v) is 2.15. The molecule has 0 bridgehead atoms. The van der Waals surface area contributed by atoms with Crippen molar-refractivity contribution >= 4 is 16.1 Å². The molecular formula is C10H12BrNO2. The van der Waals surface area contributed by atoms with Crippen LogP contribution in [0.3, 0.4) is 0 Å². The van der Waals surface area contributed by atoms with Crippen LogP contribution in [0.1, 0.15) is 18.1 Å². The predicted octanol–water partition coefficient (Wildman–Crippen LogP) is 2.15. The van der Waals surface area contributed by atoms with Crippen molar-refractivity contribution in [2.24, 2.45) is 0 Å². The van der Waals surface area contributed by atoms with Crippen LogP contribution in [0, 0.1) is 0 Å². The van der Waals surface area contributed by atoms with Gasteiger partial charge in [-0.25, -0.2) is 3.93 Å². The van der Waals surface area contributed by atoms with Crippen LogP contribution in [0.5, 0.6) is 11.5 Å². The van der Waals surface area contributed by atoms with Crippen LogP contribution in [0.4, 0.5) is 0 Å². The van der Waals surface area contributed by atoms with E-state index in [1.54, 1.807) is 12.1 Å². The van der Waals surface area contributed by atoms with Gasteiger partial charge in [-0.2, -0.15) is 0 Å². The number of halogens is 1. The lowest BCUT2D eigenvalue weighted by atomic mass is 9.96. The van der Waals surface area contributed by atoms with Crippen LogP contribution in [0.15, 0.2) is 12.1 Å². The molecule has 0 fully saturated rings. The summed E-state index contributed by atoms with van der Waals surface area (Å²) >= 11 is 3.46. The van der Waals surface area contributed by atoms with Crippen molar-refractivity contribution in [3.63, 3.8) is 0 Å². The first kappa shape index (κ1) is 9.80. The molecular weight excluding hydrogens is 246 g/mol. The van der Waals surface area contributed by atoms with Gasteiger partial charge in [0.15, 0.2) is 11.5 Å². The Morgan fingerprint density at radius 2 is 1.86 bits per heavy atom. The summed E-state index contributed by atoms with van der Waals surface area (Å²) in [6.07, 6.45) is 0.883. The van der Waals surface area contributed by atoms with E-state index in [0.29, 0.717) is 6.04 Å². The van der Waals surface area contributed by atoms with Gasteiger partial charge in [0.05, 0.1) is 0 Å². The molecule has 2 rings (SSSR count). The Labute approximate surface area is 91.3 Å². The minimum Gasteiger partial charge on any atom is -0.504 e. The molecule has 0 spiro atoms. The lowest BCUT2D eigenvalue weighted by Gasteiger charge is -2.29. The Morgan fingerprint density at radius 1 is 1.29 bits per heavy atom. The van der Waals surface area contributed by atoms with Gasteiger partial charge in [-0.3, -0.25) is 0 Å². The maximum Gasteiger partial charge on any atom is 0.157 e. The van der Waals surface area contributed by atoms with Gasteiger partial charge in [-0.1, -0.05) is 0 Å². The second-order valence-corrected chi connectivity index (χ2v) is 4.63. The normalized spacial score (nSPS) is 22.0. The molecule has 0 saturated heterocycles. The third-order valence-corrected chi connectivity index (χ3v) is 3.56. The Bertz CT molecular complexity index is 332. The fraction of sp³-hybridized carbons (Fsp3) is 0.400. The van der Waals surface area contributed by atoms with Gasteiger partial charge < -0.3 is 10.2 Å². The highest BCUT2D eigenvalue weighted by atomic mass is 79.9. The number of hydrogen-bond donors (Lipinski definition) is 2. The Hall–Kier alpha value is -0.740. The number of hydrogen-bond acceptors (Lipinski definition) is 3. The Morgan fingerprint density at radius 3 is 2.50 bits per heavy atom. The van der Waals surface area contributed by atoms with Crippen LogP contribution < -0.4 is 0 Å². The third-order valence-electron chi connectivity index (χ3n) is 2.61. The third kappa shape index (κ3) is 1.60. The van der Waals surface area contributed by atoms with Crippen molar-refractivity contribution in [1.29, 1.82) is 0 Å². The molecule has 1 aromatic carbocycles. The average Bonchev–Trinajstić information content (AvgIpc) is 2.11. The largest absolute Gasteiger partial charge is 0.504 e. The van der Waals surface area contributed by atoms with Gasteiger partial charge >= 0.3 is 0 Å². The Balaban J connectivity index is 2.42. The van der Waals surface area contributed by atoms with Gasteiger partial charge in [0.1, 0.15) is 0 Å². The minimum atomic E-state index is -0.0424. The zero-order valence-corrected chi connectivity index (χ0v) is 9.45. The van der Waals surface area contributed by atoms with Crippen LogP contribution in [-0.2, 0) is 13.0 Å². The van der Waals surface area contributed by atoms with E-state index in [1.165, 1.54) is 0 Å². The lowest BCUT2D eigenvalue weighted by molar-refractivity contribution is 0.349. The van der Waals surface area contributed by atoms with E-state index in [1.807, 2.05) is 3.93 Å². The average molecular weight is 258 g/mol. The number of benzene rings is 1. The zero-order valence-electron chi connectivity index (χ0n) is 7.87. The highest BCUT2D eigenvalue weighted by Gasteiger charge is 2.22. The standard InChI is InChI=1S/C10H12BrNO2/c1-6-2-7-3-9(13)10(14)4-8(7)5-12(6)11/h3-4,6,13-14H,2,5H2,1H3. The van der Waals surface area contributed by atoms with Crippen LogP contribution in [-0.4, -0.2) is 20.2 Å². The first-order chi connectivity index (χ1) is 6.58. The van der Waals surface area contributed by atoms with E-state index in [2.05, 4.69) is 23.1 Å². The predicted molar refractivity (Wildman–Crippen MR) is 57.4 cm³/mol. The molecule has 1 aromatic rings. The molecule has 1 heterocycles. The topological polar surface area (TPSA) is 43.7 Å². The van der Waals surface area contributed by atoms with E-state index in [4.69, 9.17) is 0 Å². The first-order valence-electron chi connectivity index (χ1n) is 4.54. The van der Waals surface area contributed by atoms with E-state index in [-0.39, 0.29) is 11.5 Å². The second kappa shape index (κ2) is 3.44. The fourth-order valence-electron chi connectivity index (χ4n) is 1.74. The number of phenolic OH excluding ortho intramolecular Hbond substituents is 2. The smallest absolute Gasteiger partial charge is 0.157 e. The SMILES string of the molecule is CC1Cc2cc(O)c(O)cc2CN1Br. The van der Waals surface area contributed by atoms with Crippen molar-refractivity contribution < 1.29 is 10.2 Å². The van der Waals surface area contributed by atoms with Crippen molar-refractivity contribution in [1.82, 2.24) is 3.93 Å². The quantitative estimate of drug-likeness (QED) is 0.553. The zero-order chi connectivity index (χ0) is 10.3. The molecule has 14 heavy (non-hydrogen) atoms. The van der Waals surface area contributed by atoms with Crippen molar-refractivity contribution in [2.45, 2.75) is 25.9 Å². The van der Waals surface area contributed by atoms with Gasteiger partial charge in [0.25, 0.3) is 0 Å². The highest BCUT2D eigenvalue weighted by molar-refractivity contribution is 9.07. The van der Waals surface area contributed by atoms with Gasteiger partial charge in [0.2, 0.25) is 0 Å². The molecule has 0 aliphatic carbocycles. The summed E-state index contributed by atoms with van der Waals surface area (Å²) in [4.78, 5) is 0. The van der Waals surface area contributed by atoms with Crippen LogP contribution >= 0.6 is 16.1 Å². The molecule has 4 heteroatoms. The number of aromatic hydroxyl groups is 2. The maximum absolute atomic E-state index is 9.35. The van der Waals surface area contributed by atoms with E-state index >= 15 is 0 Å². The van der Waals surface area contributed by atoms with Crippen molar-refractivity contribution in [2.75, 3.05) is 0 Å². The molecule has 1 atom stereocenters. The molecule has 0 saturated carbocycles. The number of rotatable bonds is 0. The summed E-state index contributed by atoms with van der Waals surface area (Å²) in [6.45, 7) is 2.87. The van der Waals surface area contributed by atoms with E-state index < -0.39 is 0 Å². The molecule has 76 valence electrons. The number of nitrogens with zero attached hydrogens (tertiary/aromatic N) is 1. The van der Waals surface area contributed by atoms with Crippen molar-refractivity contribution in [3.8, 4) is 11.5 Å².